The summed E-state index contributed by atoms with van der Waals surface area (Å²) in [7, 11) is 0. The molecule has 0 aliphatic heterocycles. The normalized spacial score (nSPS) is 12.8. The predicted molar refractivity (Wildman–Crippen MR) is 56.5 cm³/mol. The molecule has 1 aromatic rings. The molecule has 6 nitrogen and oxygen atoms in total. The SMILES string of the molecule is CCN(CCCO)c1nnc(C(C)N)o1. The van der Waals surface area contributed by atoms with E-state index >= 15 is 0 Å². The molecule has 6 heteroatoms. The lowest BCUT2D eigenvalue weighted by molar-refractivity contribution is 0.288. The molecule has 0 aliphatic rings. The van der Waals surface area contributed by atoms with E-state index in [2.05, 4.69) is 10.2 Å². The molecule has 1 heterocycles. The zero-order valence-corrected chi connectivity index (χ0v) is 9.18. The van der Waals surface area contributed by atoms with Gasteiger partial charge < -0.3 is 20.2 Å². The number of nitrogens with zero attached hydrogens (tertiary/aromatic N) is 3. The summed E-state index contributed by atoms with van der Waals surface area (Å²) in [5.74, 6) is 0.437. The van der Waals surface area contributed by atoms with Gasteiger partial charge in [-0.1, -0.05) is 5.10 Å². The van der Waals surface area contributed by atoms with Crippen LogP contribution in [0.4, 0.5) is 6.01 Å². The van der Waals surface area contributed by atoms with Crippen LogP contribution in [0.15, 0.2) is 4.42 Å². The van der Waals surface area contributed by atoms with Crippen LogP contribution in [0.2, 0.25) is 0 Å². The first kappa shape index (κ1) is 11.9. The van der Waals surface area contributed by atoms with Crippen LogP contribution in [0.1, 0.15) is 32.2 Å². The van der Waals surface area contributed by atoms with Crippen LogP contribution < -0.4 is 10.6 Å². The molecule has 1 rings (SSSR count). The van der Waals surface area contributed by atoms with E-state index in [1.807, 2.05) is 11.8 Å². The van der Waals surface area contributed by atoms with Crippen LogP contribution in [0.25, 0.3) is 0 Å². The van der Waals surface area contributed by atoms with Gasteiger partial charge in [0.15, 0.2) is 0 Å². The highest BCUT2D eigenvalue weighted by Gasteiger charge is 2.14. The van der Waals surface area contributed by atoms with Crippen molar-refractivity contribution in [1.82, 2.24) is 10.2 Å². The zero-order chi connectivity index (χ0) is 11.3. The third-order valence-electron chi connectivity index (χ3n) is 2.06. The van der Waals surface area contributed by atoms with Crippen molar-refractivity contribution in [2.75, 3.05) is 24.6 Å². The molecule has 3 N–H and O–H groups in total. The van der Waals surface area contributed by atoms with E-state index in [9.17, 15) is 0 Å². The number of nitrogens with two attached hydrogens (primary N) is 1. The topological polar surface area (TPSA) is 88.4 Å². The molecule has 15 heavy (non-hydrogen) atoms. The number of anilines is 1. The van der Waals surface area contributed by atoms with E-state index in [1.54, 1.807) is 6.92 Å². The van der Waals surface area contributed by atoms with Crippen molar-refractivity contribution in [2.24, 2.45) is 5.73 Å². The Morgan fingerprint density at radius 3 is 2.73 bits per heavy atom. The molecule has 1 unspecified atom stereocenters. The van der Waals surface area contributed by atoms with Crippen molar-refractivity contribution in [3.05, 3.63) is 5.89 Å². The van der Waals surface area contributed by atoms with E-state index in [4.69, 9.17) is 15.3 Å². The second kappa shape index (κ2) is 5.67. The van der Waals surface area contributed by atoms with E-state index in [1.165, 1.54) is 0 Å². The van der Waals surface area contributed by atoms with E-state index in [0.29, 0.717) is 24.9 Å². The highest BCUT2D eigenvalue weighted by atomic mass is 16.4. The van der Waals surface area contributed by atoms with Crippen LogP contribution >= 0.6 is 0 Å². The van der Waals surface area contributed by atoms with E-state index < -0.39 is 0 Å². The van der Waals surface area contributed by atoms with Gasteiger partial charge in [-0.05, 0) is 20.3 Å². The summed E-state index contributed by atoms with van der Waals surface area (Å²) in [6.45, 7) is 5.41. The minimum Gasteiger partial charge on any atom is -0.406 e. The first-order valence-corrected chi connectivity index (χ1v) is 5.13. The Morgan fingerprint density at radius 1 is 1.53 bits per heavy atom. The lowest BCUT2D eigenvalue weighted by Crippen LogP contribution is -2.24. The van der Waals surface area contributed by atoms with Gasteiger partial charge in [0.05, 0.1) is 6.04 Å². The van der Waals surface area contributed by atoms with Crippen molar-refractivity contribution in [3.8, 4) is 0 Å². The minimum absolute atomic E-state index is 0.158. The number of rotatable bonds is 6. The molecule has 0 bridgehead atoms. The Bertz CT molecular complexity index is 287. The largest absolute Gasteiger partial charge is 0.406 e. The first-order chi connectivity index (χ1) is 7.19. The Morgan fingerprint density at radius 2 is 2.27 bits per heavy atom. The maximum Gasteiger partial charge on any atom is 0.318 e. The molecule has 0 fully saturated rings. The van der Waals surface area contributed by atoms with Crippen LogP contribution in [0.3, 0.4) is 0 Å². The van der Waals surface area contributed by atoms with Gasteiger partial charge in [0.2, 0.25) is 5.89 Å². The van der Waals surface area contributed by atoms with Gasteiger partial charge in [-0.25, -0.2) is 0 Å². The van der Waals surface area contributed by atoms with Gasteiger partial charge in [0.25, 0.3) is 0 Å². The summed E-state index contributed by atoms with van der Waals surface area (Å²) in [5, 5.41) is 16.5. The maximum atomic E-state index is 8.74. The minimum atomic E-state index is -0.247. The molecule has 0 saturated carbocycles. The number of aliphatic hydroxyl groups is 1. The number of hydrogen-bond donors (Lipinski definition) is 2. The third kappa shape index (κ3) is 3.17. The molecule has 0 amide bonds. The lowest BCUT2D eigenvalue weighted by atomic mass is 10.4. The predicted octanol–water partition coefficient (Wildman–Crippen LogP) is 0.298. The maximum absolute atomic E-state index is 8.74. The number of aromatic nitrogens is 2. The number of aliphatic hydroxyl groups excluding tert-OH is 1. The van der Waals surface area contributed by atoms with Gasteiger partial charge in [0, 0.05) is 19.7 Å². The van der Waals surface area contributed by atoms with Crippen LogP contribution in [0, 0.1) is 0 Å². The number of hydrogen-bond acceptors (Lipinski definition) is 6. The highest BCUT2D eigenvalue weighted by Crippen LogP contribution is 2.15. The van der Waals surface area contributed by atoms with Gasteiger partial charge in [-0.2, -0.15) is 0 Å². The Balaban J connectivity index is 2.65. The Hall–Kier alpha value is -1.14. The molecule has 1 aromatic heterocycles. The molecule has 0 saturated heterocycles. The summed E-state index contributed by atoms with van der Waals surface area (Å²) in [6.07, 6.45) is 0.684. The van der Waals surface area contributed by atoms with E-state index in [-0.39, 0.29) is 12.6 Å². The fourth-order valence-electron chi connectivity index (χ4n) is 1.19. The fourth-order valence-corrected chi connectivity index (χ4v) is 1.19. The quantitative estimate of drug-likeness (QED) is 0.708. The highest BCUT2D eigenvalue weighted by molar-refractivity contribution is 5.23. The summed E-state index contributed by atoms with van der Waals surface area (Å²) in [4.78, 5) is 1.91. The molecule has 86 valence electrons. The van der Waals surface area contributed by atoms with Crippen molar-refractivity contribution in [1.29, 1.82) is 0 Å². The van der Waals surface area contributed by atoms with Gasteiger partial charge in [-0.15, -0.1) is 5.10 Å². The Labute approximate surface area is 89.1 Å². The molecule has 1 atom stereocenters. The second-order valence-corrected chi connectivity index (χ2v) is 3.37. The van der Waals surface area contributed by atoms with Crippen molar-refractivity contribution >= 4 is 6.01 Å². The van der Waals surface area contributed by atoms with Crippen LogP contribution in [-0.2, 0) is 0 Å². The summed E-state index contributed by atoms with van der Waals surface area (Å²) in [5.41, 5.74) is 5.61. The molecule has 0 radical (unpaired) electrons. The lowest BCUT2D eigenvalue weighted by Gasteiger charge is -2.16. The molecular formula is C9H18N4O2. The van der Waals surface area contributed by atoms with Crippen molar-refractivity contribution < 1.29 is 9.52 Å². The summed E-state index contributed by atoms with van der Waals surface area (Å²) < 4.78 is 5.39. The average molecular weight is 214 g/mol. The van der Waals surface area contributed by atoms with Gasteiger partial charge in [-0.3, -0.25) is 0 Å². The van der Waals surface area contributed by atoms with Crippen LogP contribution in [-0.4, -0.2) is 35.0 Å². The van der Waals surface area contributed by atoms with E-state index in [0.717, 1.165) is 6.54 Å². The molecule has 0 aromatic carbocycles. The second-order valence-electron chi connectivity index (χ2n) is 3.37. The van der Waals surface area contributed by atoms with Crippen molar-refractivity contribution in [2.45, 2.75) is 26.3 Å². The molecule has 0 aliphatic carbocycles. The molecular weight excluding hydrogens is 196 g/mol. The Kier molecular flexibility index (Phi) is 4.51. The first-order valence-electron chi connectivity index (χ1n) is 5.13. The smallest absolute Gasteiger partial charge is 0.318 e. The third-order valence-corrected chi connectivity index (χ3v) is 2.06. The average Bonchev–Trinajstić information content (AvgIpc) is 2.68. The van der Waals surface area contributed by atoms with Crippen molar-refractivity contribution in [3.63, 3.8) is 0 Å². The van der Waals surface area contributed by atoms with Crippen LogP contribution in [0.5, 0.6) is 0 Å². The summed E-state index contributed by atoms with van der Waals surface area (Å²) in [6, 6.07) is 0.223. The van der Waals surface area contributed by atoms with Gasteiger partial charge in [0.1, 0.15) is 0 Å². The molecule has 0 spiro atoms. The fraction of sp³-hybridized carbons (Fsp3) is 0.778. The zero-order valence-electron chi connectivity index (χ0n) is 9.18. The standard InChI is InChI=1S/C9H18N4O2/c1-3-13(5-4-6-14)9-12-11-8(15-9)7(2)10/h7,14H,3-6,10H2,1-2H3. The summed E-state index contributed by atoms with van der Waals surface area (Å²) >= 11 is 0. The monoisotopic (exact) mass is 214 g/mol. The van der Waals surface area contributed by atoms with Gasteiger partial charge >= 0.3 is 6.01 Å².